The SMILES string of the molecule is C[C@H](NC(=O)c1ccccc1Cl)C(=O)OCC(=O)NC(=O)NCC(F)(F)F. The first kappa shape index (κ1) is 22.2. The first-order valence-electron chi connectivity index (χ1n) is 7.36. The van der Waals surface area contributed by atoms with Crippen LogP contribution in [0.25, 0.3) is 0 Å². The molecule has 0 saturated heterocycles. The number of carbonyl (C=O) groups excluding carboxylic acids is 4. The average molecular weight is 410 g/mol. The number of hydrogen-bond donors (Lipinski definition) is 3. The smallest absolute Gasteiger partial charge is 0.405 e. The second-order valence-corrected chi connectivity index (χ2v) is 5.54. The number of urea groups is 1. The van der Waals surface area contributed by atoms with Crippen LogP contribution in [0.4, 0.5) is 18.0 Å². The summed E-state index contributed by atoms with van der Waals surface area (Å²) in [5.41, 5.74) is 0.123. The maximum absolute atomic E-state index is 12.0. The van der Waals surface area contributed by atoms with Crippen molar-refractivity contribution in [3.8, 4) is 0 Å². The first-order valence-corrected chi connectivity index (χ1v) is 7.74. The molecular weight excluding hydrogens is 395 g/mol. The topological polar surface area (TPSA) is 114 Å². The van der Waals surface area contributed by atoms with Gasteiger partial charge in [-0.3, -0.25) is 14.9 Å². The van der Waals surface area contributed by atoms with E-state index in [1.54, 1.807) is 17.4 Å². The van der Waals surface area contributed by atoms with Crippen LogP contribution in [0.5, 0.6) is 0 Å². The second-order valence-electron chi connectivity index (χ2n) is 5.13. The van der Waals surface area contributed by atoms with Crippen molar-refractivity contribution in [3.05, 3.63) is 34.9 Å². The Morgan fingerprint density at radius 2 is 1.81 bits per heavy atom. The van der Waals surface area contributed by atoms with E-state index in [1.165, 1.54) is 24.4 Å². The molecule has 0 radical (unpaired) electrons. The number of halogens is 4. The van der Waals surface area contributed by atoms with Crippen molar-refractivity contribution in [2.45, 2.75) is 19.1 Å². The van der Waals surface area contributed by atoms with E-state index in [9.17, 15) is 32.3 Å². The first-order chi connectivity index (χ1) is 12.5. The highest BCUT2D eigenvalue weighted by Crippen LogP contribution is 2.14. The number of nitrogens with one attached hydrogen (secondary N) is 3. The summed E-state index contributed by atoms with van der Waals surface area (Å²) < 4.78 is 40.3. The standard InChI is InChI=1S/C15H15ClF3N3O5/c1-8(21-12(24)9-4-2-3-5-10(9)16)13(25)27-6-11(23)22-14(26)20-7-15(17,18)19/h2-5,8H,6-7H2,1H3,(H,21,24)(H2,20,22,23,26)/t8-/m0/s1. The molecule has 0 aliphatic carbocycles. The maximum Gasteiger partial charge on any atom is 0.405 e. The quantitative estimate of drug-likeness (QED) is 0.614. The highest BCUT2D eigenvalue weighted by Gasteiger charge is 2.28. The van der Waals surface area contributed by atoms with Gasteiger partial charge in [0.1, 0.15) is 12.6 Å². The molecule has 12 heteroatoms. The second kappa shape index (κ2) is 9.76. The molecule has 0 spiro atoms. The van der Waals surface area contributed by atoms with Crippen LogP contribution < -0.4 is 16.0 Å². The van der Waals surface area contributed by atoms with Gasteiger partial charge in [0, 0.05) is 0 Å². The largest absolute Gasteiger partial charge is 0.454 e. The van der Waals surface area contributed by atoms with E-state index in [2.05, 4.69) is 10.1 Å². The van der Waals surface area contributed by atoms with E-state index in [1.807, 2.05) is 0 Å². The molecule has 0 bridgehead atoms. The molecule has 0 aromatic heterocycles. The Morgan fingerprint density at radius 1 is 1.19 bits per heavy atom. The Bertz CT molecular complexity index is 727. The zero-order valence-electron chi connectivity index (χ0n) is 13.9. The zero-order valence-corrected chi connectivity index (χ0v) is 14.6. The van der Waals surface area contributed by atoms with Crippen molar-refractivity contribution in [2.75, 3.05) is 13.2 Å². The summed E-state index contributed by atoms with van der Waals surface area (Å²) >= 11 is 5.85. The van der Waals surface area contributed by atoms with E-state index in [0.29, 0.717) is 0 Å². The van der Waals surface area contributed by atoms with E-state index < -0.39 is 49.2 Å². The molecule has 1 aromatic carbocycles. The van der Waals surface area contributed by atoms with Gasteiger partial charge in [-0.05, 0) is 19.1 Å². The highest BCUT2D eigenvalue weighted by atomic mass is 35.5. The fraction of sp³-hybridized carbons (Fsp3) is 0.333. The van der Waals surface area contributed by atoms with Crippen LogP contribution >= 0.6 is 11.6 Å². The van der Waals surface area contributed by atoms with Crippen molar-refractivity contribution in [2.24, 2.45) is 0 Å². The Labute approximate surface area is 156 Å². The third-order valence-electron chi connectivity index (χ3n) is 2.87. The summed E-state index contributed by atoms with van der Waals surface area (Å²) in [6.45, 7) is -1.27. The number of esters is 1. The molecule has 148 valence electrons. The minimum absolute atomic E-state index is 0.123. The van der Waals surface area contributed by atoms with Gasteiger partial charge in [0.15, 0.2) is 6.61 Å². The van der Waals surface area contributed by atoms with Gasteiger partial charge in [-0.25, -0.2) is 9.59 Å². The lowest BCUT2D eigenvalue weighted by molar-refractivity contribution is -0.149. The van der Waals surface area contributed by atoms with E-state index >= 15 is 0 Å². The molecule has 1 rings (SSSR count). The van der Waals surface area contributed by atoms with Gasteiger partial charge >= 0.3 is 18.2 Å². The summed E-state index contributed by atoms with van der Waals surface area (Å²) in [5, 5.41) is 5.43. The van der Waals surface area contributed by atoms with Crippen LogP contribution in [0.1, 0.15) is 17.3 Å². The number of alkyl halides is 3. The van der Waals surface area contributed by atoms with Gasteiger partial charge in [0.05, 0.1) is 10.6 Å². The lowest BCUT2D eigenvalue weighted by atomic mass is 10.2. The molecule has 0 unspecified atom stereocenters. The predicted octanol–water partition coefficient (Wildman–Crippen LogP) is 1.39. The Balaban J connectivity index is 2.40. The van der Waals surface area contributed by atoms with Gasteiger partial charge in [0.2, 0.25) is 0 Å². The van der Waals surface area contributed by atoms with Crippen molar-refractivity contribution < 1.29 is 37.1 Å². The number of ether oxygens (including phenoxy) is 1. The summed E-state index contributed by atoms with van der Waals surface area (Å²) in [5.74, 6) is -2.80. The van der Waals surface area contributed by atoms with Crippen LogP contribution in [0.15, 0.2) is 24.3 Å². The molecule has 4 amide bonds. The lowest BCUT2D eigenvalue weighted by Crippen LogP contribution is -2.45. The van der Waals surface area contributed by atoms with Crippen LogP contribution in [0.3, 0.4) is 0 Å². The number of amides is 4. The molecule has 1 atom stereocenters. The summed E-state index contributed by atoms with van der Waals surface area (Å²) in [6.07, 6.45) is -4.64. The van der Waals surface area contributed by atoms with Crippen molar-refractivity contribution >= 4 is 35.4 Å². The Morgan fingerprint density at radius 3 is 2.41 bits per heavy atom. The number of hydrogen-bond acceptors (Lipinski definition) is 5. The third kappa shape index (κ3) is 8.40. The molecular formula is C15H15ClF3N3O5. The average Bonchev–Trinajstić information content (AvgIpc) is 2.57. The van der Waals surface area contributed by atoms with Crippen molar-refractivity contribution in [3.63, 3.8) is 0 Å². The highest BCUT2D eigenvalue weighted by molar-refractivity contribution is 6.33. The van der Waals surface area contributed by atoms with Crippen molar-refractivity contribution in [1.82, 2.24) is 16.0 Å². The van der Waals surface area contributed by atoms with Gasteiger partial charge in [-0.1, -0.05) is 23.7 Å². The molecule has 1 aromatic rings. The van der Waals surface area contributed by atoms with Crippen LogP contribution in [0, 0.1) is 0 Å². The predicted molar refractivity (Wildman–Crippen MR) is 86.9 cm³/mol. The lowest BCUT2D eigenvalue weighted by Gasteiger charge is -2.14. The normalized spacial score (nSPS) is 11.9. The third-order valence-corrected chi connectivity index (χ3v) is 3.20. The van der Waals surface area contributed by atoms with Gasteiger partial charge in [-0.2, -0.15) is 13.2 Å². The van der Waals surface area contributed by atoms with Crippen LogP contribution in [-0.4, -0.2) is 49.2 Å². The molecule has 8 nitrogen and oxygen atoms in total. The fourth-order valence-corrected chi connectivity index (χ4v) is 1.85. The summed E-state index contributed by atoms with van der Waals surface area (Å²) in [6, 6.07) is 3.54. The van der Waals surface area contributed by atoms with E-state index in [0.717, 1.165) is 0 Å². The molecule has 0 aliphatic rings. The van der Waals surface area contributed by atoms with Crippen LogP contribution in [0.2, 0.25) is 5.02 Å². The van der Waals surface area contributed by atoms with Gasteiger partial charge in [0.25, 0.3) is 11.8 Å². The Hall–Kier alpha value is -2.82. The fourth-order valence-electron chi connectivity index (χ4n) is 1.63. The minimum Gasteiger partial charge on any atom is -0.454 e. The monoisotopic (exact) mass is 409 g/mol. The van der Waals surface area contributed by atoms with Crippen molar-refractivity contribution in [1.29, 1.82) is 0 Å². The number of rotatable bonds is 6. The molecule has 0 saturated carbocycles. The maximum atomic E-state index is 12.0. The zero-order chi connectivity index (χ0) is 20.6. The van der Waals surface area contributed by atoms with E-state index in [-0.39, 0.29) is 10.6 Å². The molecule has 27 heavy (non-hydrogen) atoms. The number of benzene rings is 1. The van der Waals surface area contributed by atoms with Gasteiger partial charge in [-0.15, -0.1) is 0 Å². The molecule has 0 heterocycles. The van der Waals surface area contributed by atoms with Crippen LogP contribution in [-0.2, 0) is 14.3 Å². The summed E-state index contributed by atoms with van der Waals surface area (Å²) in [4.78, 5) is 46.2. The van der Waals surface area contributed by atoms with Gasteiger partial charge < -0.3 is 15.4 Å². The Kier molecular flexibility index (Phi) is 8.03. The van der Waals surface area contributed by atoms with E-state index in [4.69, 9.17) is 11.6 Å². The summed E-state index contributed by atoms with van der Waals surface area (Å²) in [7, 11) is 0. The number of carbonyl (C=O) groups is 4. The number of imide groups is 1. The molecule has 0 aliphatic heterocycles. The minimum atomic E-state index is -4.64. The molecule has 3 N–H and O–H groups in total. The molecule has 0 fully saturated rings.